The Labute approximate surface area is 66.7 Å². The predicted molar refractivity (Wildman–Crippen MR) is 43.5 cm³/mol. The van der Waals surface area contributed by atoms with Crippen LogP contribution in [0.15, 0.2) is 6.20 Å². The summed E-state index contributed by atoms with van der Waals surface area (Å²) in [5.74, 6) is 1.57. The van der Waals surface area contributed by atoms with Crippen molar-refractivity contribution in [1.82, 2.24) is 9.97 Å². The Morgan fingerprint density at radius 1 is 1.55 bits per heavy atom. The van der Waals surface area contributed by atoms with E-state index in [9.17, 15) is 0 Å². The molecule has 0 fully saturated rings. The zero-order valence-corrected chi connectivity index (χ0v) is 6.96. The van der Waals surface area contributed by atoms with Crippen molar-refractivity contribution in [1.29, 1.82) is 0 Å². The van der Waals surface area contributed by atoms with Gasteiger partial charge in [0.15, 0.2) is 0 Å². The largest absolute Gasteiger partial charge is 0.241 e. The van der Waals surface area contributed by atoms with E-state index < -0.39 is 0 Å². The molecule has 2 heteroatoms. The van der Waals surface area contributed by atoms with Gasteiger partial charge in [0.25, 0.3) is 0 Å². The summed E-state index contributed by atoms with van der Waals surface area (Å²) in [4.78, 5) is 8.58. The monoisotopic (exact) mass is 148 g/mol. The van der Waals surface area contributed by atoms with Crippen LogP contribution in [0.3, 0.4) is 0 Å². The fourth-order valence-corrected chi connectivity index (χ4v) is 1.65. The molecule has 0 saturated heterocycles. The van der Waals surface area contributed by atoms with Gasteiger partial charge in [-0.1, -0.05) is 6.92 Å². The summed E-state index contributed by atoms with van der Waals surface area (Å²) >= 11 is 0. The number of hydrogen-bond donors (Lipinski definition) is 0. The van der Waals surface area contributed by atoms with Gasteiger partial charge in [-0.25, -0.2) is 9.97 Å². The molecule has 1 aromatic rings. The molecular formula is C9H12N2. The summed E-state index contributed by atoms with van der Waals surface area (Å²) in [6, 6.07) is 0. The molecule has 0 spiro atoms. The molecule has 0 radical (unpaired) electrons. The van der Waals surface area contributed by atoms with Gasteiger partial charge in [0.2, 0.25) is 0 Å². The number of hydrogen-bond acceptors (Lipinski definition) is 2. The molecule has 1 aliphatic carbocycles. The van der Waals surface area contributed by atoms with Crippen LogP contribution in [0.2, 0.25) is 0 Å². The van der Waals surface area contributed by atoms with Gasteiger partial charge >= 0.3 is 0 Å². The van der Waals surface area contributed by atoms with Gasteiger partial charge < -0.3 is 0 Å². The minimum Gasteiger partial charge on any atom is -0.241 e. The summed E-state index contributed by atoms with van der Waals surface area (Å²) in [7, 11) is 0. The first kappa shape index (κ1) is 6.77. The summed E-state index contributed by atoms with van der Waals surface area (Å²) in [6.45, 7) is 4.19. The van der Waals surface area contributed by atoms with Gasteiger partial charge in [0, 0.05) is 11.9 Å². The van der Waals surface area contributed by atoms with Crippen molar-refractivity contribution in [3.8, 4) is 0 Å². The van der Waals surface area contributed by atoms with Crippen LogP contribution in [0.25, 0.3) is 0 Å². The minimum absolute atomic E-state index is 0.672. The first-order valence-electron chi connectivity index (χ1n) is 4.10. The summed E-state index contributed by atoms with van der Waals surface area (Å²) in [5.41, 5.74) is 2.63. The van der Waals surface area contributed by atoms with E-state index >= 15 is 0 Å². The highest BCUT2D eigenvalue weighted by Crippen LogP contribution is 2.30. The number of fused-ring (bicyclic) bond motifs is 1. The average Bonchev–Trinajstić information content (AvgIpc) is 2.32. The molecule has 0 amide bonds. The fourth-order valence-electron chi connectivity index (χ4n) is 1.65. The molecule has 1 aliphatic rings. The molecule has 0 aliphatic heterocycles. The fraction of sp³-hybridized carbons (Fsp3) is 0.556. The van der Waals surface area contributed by atoms with Crippen molar-refractivity contribution in [3.63, 3.8) is 0 Å². The third kappa shape index (κ3) is 1.02. The Kier molecular flexibility index (Phi) is 1.41. The molecule has 2 nitrogen and oxygen atoms in total. The van der Waals surface area contributed by atoms with Gasteiger partial charge in [-0.2, -0.15) is 0 Å². The van der Waals surface area contributed by atoms with Gasteiger partial charge in [0.1, 0.15) is 5.82 Å². The van der Waals surface area contributed by atoms with E-state index in [0.717, 1.165) is 12.2 Å². The van der Waals surface area contributed by atoms with E-state index in [1.807, 2.05) is 13.1 Å². The lowest BCUT2D eigenvalue weighted by Gasteiger charge is -2.01. The van der Waals surface area contributed by atoms with E-state index in [-0.39, 0.29) is 0 Å². The number of rotatable bonds is 0. The van der Waals surface area contributed by atoms with Crippen LogP contribution >= 0.6 is 0 Å². The molecule has 0 N–H and O–H groups in total. The molecule has 0 aromatic carbocycles. The number of aromatic nitrogens is 2. The van der Waals surface area contributed by atoms with Crippen molar-refractivity contribution in [2.75, 3.05) is 0 Å². The highest BCUT2D eigenvalue weighted by atomic mass is 14.9. The van der Waals surface area contributed by atoms with Crippen molar-refractivity contribution < 1.29 is 0 Å². The van der Waals surface area contributed by atoms with Crippen LogP contribution < -0.4 is 0 Å². The van der Waals surface area contributed by atoms with Gasteiger partial charge in [-0.05, 0) is 31.2 Å². The Bertz CT molecular complexity index is 281. The Balaban J connectivity index is 2.50. The maximum atomic E-state index is 4.39. The lowest BCUT2D eigenvalue weighted by molar-refractivity contribution is 0.745. The second kappa shape index (κ2) is 2.29. The van der Waals surface area contributed by atoms with Crippen LogP contribution in [-0.2, 0) is 6.42 Å². The Morgan fingerprint density at radius 2 is 2.36 bits per heavy atom. The molecule has 0 saturated carbocycles. The second-order valence-electron chi connectivity index (χ2n) is 3.26. The second-order valence-corrected chi connectivity index (χ2v) is 3.26. The van der Waals surface area contributed by atoms with E-state index in [2.05, 4.69) is 16.9 Å². The highest BCUT2D eigenvalue weighted by molar-refractivity contribution is 5.26. The van der Waals surface area contributed by atoms with Crippen LogP contribution in [-0.4, -0.2) is 9.97 Å². The minimum atomic E-state index is 0.672. The molecular weight excluding hydrogens is 136 g/mol. The molecule has 0 bridgehead atoms. The van der Waals surface area contributed by atoms with Crippen molar-refractivity contribution in [2.45, 2.75) is 32.6 Å². The quantitative estimate of drug-likeness (QED) is 0.561. The van der Waals surface area contributed by atoms with Crippen molar-refractivity contribution in [3.05, 3.63) is 23.3 Å². The first-order valence-corrected chi connectivity index (χ1v) is 4.10. The van der Waals surface area contributed by atoms with Crippen LogP contribution in [0.5, 0.6) is 0 Å². The van der Waals surface area contributed by atoms with E-state index in [1.54, 1.807) is 0 Å². The van der Waals surface area contributed by atoms with Crippen molar-refractivity contribution >= 4 is 0 Å². The number of nitrogens with zero attached hydrogens (tertiary/aromatic N) is 2. The molecule has 1 atom stereocenters. The van der Waals surface area contributed by atoms with E-state index in [0.29, 0.717) is 5.92 Å². The molecule has 11 heavy (non-hydrogen) atoms. The molecule has 1 heterocycles. The van der Waals surface area contributed by atoms with Gasteiger partial charge in [0.05, 0.1) is 0 Å². The maximum Gasteiger partial charge on any atom is 0.125 e. The molecule has 2 rings (SSSR count). The zero-order chi connectivity index (χ0) is 7.84. The molecule has 58 valence electrons. The molecule has 1 unspecified atom stereocenters. The Morgan fingerprint density at radius 3 is 3.18 bits per heavy atom. The number of aryl methyl sites for hydroxylation is 2. The SMILES string of the molecule is Cc1ncc2c(n1)CCC2C. The standard InChI is InChI=1S/C9H12N2/c1-6-3-4-9-8(6)5-10-7(2)11-9/h5-6H,3-4H2,1-2H3. The third-order valence-corrected chi connectivity index (χ3v) is 2.37. The normalized spacial score (nSPS) is 21.8. The smallest absolute Gasteiger partial charge is 0.125 e. The lowest BCUT2D eigenvalue weighted by Crippen LogP contribution is -1.94. The van der Waals surface area contributed by atoms with Gasteiger partial charge in [-0.3, -0.25) is 0 Å². The topological polar surface area (TPSA) is 25.8 Å². The van der Waals surface area contributed by atoms with Crippen LogP contribution in [0.1, 0.15) is 36.3 Å². The third-order valence-electron chi connectivity index (χ3n) is 2.37. The lowest BCUT2D eigenvalue weighted by atomic mass is 10.1. The summed E-state index contributed by atoms with van der Waals surface area (Å²) in [6.07, 6.45) is 4.36. The maximum absolute atomic E-state index is 4.39. The van der Waals surface area contributed by atoms with Crippen LogP contribution in [0, 0.1) is 6.92 Å². The highest BCUT2D eigenvalue weighted by Gasteiger charge is 2.19. The van der Waals surface area contributed by atoms with E-state index in [4.69, 9.17) is 0 Å². The molecule has 1 aromatic heterocycles. The van der Waals surface area contributed by atoms with Crippen LogP contribution in [0.4, 0.5) is 0 Å². The Hall–Kier alpha value is -0.920. The zero-order valence-electron chi connectivity index (χ0n) is 6.96. The predicted octanol–water partition coefficient (Wildman–Crippen LogP) is 1.83. The summed E-state index contributed by atoms with van der Waals surface area (Å²) < 4.78 is 0. The first-order chi connectivity index (χ1) is 5.27. The van der Waals surface area contributed by atoms with E-state index in [1.165, 1.54) is 17.7 Å². The average molecular weight is 148 g/mol. The van der Waals surface area contributed by atoms with Crippen molar-refractivity contribution in [2.24, 2.45) is 0 Å². The summed E-state index contributed by atoms with van der Waals surface area (Å²) in [5, 5.41) is 0. The van der Waals surface area contributed by atoms with Gasteiger partial charge in [-0.15, -0.1) is 0 Å².